The minimum absolute atomic E-state index is 0.0989. The number of carbonyl (C=O) groups excluding carboxylic acids is 1. The van der Waals surface area contributed by atoms with Crippen LogP contribution in [0.5, 0.6) is 0 Å². The number of aryl methyl sites for hydroxylation is 2. The maximum atomic E-state index is 12.3. The van der Waals surface area contributed by atoms with E-state index in [0.717, 1.165) is 41.3 Å². The average molecular weight is 302 g/mol. The van der Waals surface area contributed by atoms with Gasteiger partial charge >= 0.3 is 0 Å². The van der Waals surface area contributed by atoms with Gasteiger partial charge in [-0.15, -0.1) is 11.3 Å². The zero-order chi connectivity index (χ0) is 15.4. The maximum absolute atomic E-state index is 12.3. The topological polar surface area (TPSA) is 33.2 Å². The lowest BCUT2D eigenvalue weighted by Gasteiger charge is -2.18. The summed E-state index contributed by atoms with van der Waals surface area (Å²) in [6.45, 7) is 9.65. The molecule has 0 fully saturated rings. The molecule has 21 heavy (non-hydrogen) atoms. The Kier molecular flexibility index (Phi) is 5.12. The summed E-state index contributed by atoms with van der Waals surface area (Å²) in [6.07, 6.45) is 0.962. The Hall–Kier alpha value is -1.68. The lowest BCUT2D eigenvalue weighted by atomic mass is 10.1. The minimum atomic E-state index is 0.0989. The zero-order valence-electron chi connectivity index (χ0n) is 13.1. The number of carbonyl (C=O) groups is 1. The highest BCUT2D eigenvalue weighted by molar-refractivity contribution is 7.15. The van der Waals surface area contributed by atoms with E-state index in [4.69, 9.17) is 0 Å². The van der Waals surface area contributed by atoms with Crippen LogP contribution in [0.1, 0.15) is 41.8 Å². The standard InChI is InChI=1S/C17H22N2OS/c1-5-15-18-12(4)16(21-15)13-8-10-14(11-9-13)17(20)19(6-2)7-3/h8-11H,5-7H2,1-4H3. The van der Waals surface area contributed by atoms with E-state index in [2.05, 4.69) is 11.9 Å². The highest BCUT2D eigenvalue weighted by Crippen LogP contribution is 2.30. The molecule has 0 unspecified atom stereocenters. The molecule has 2 rings (SSSR count). The summed E-state index contributed by atoms with van der Waals surface area (Å²) in [6, 6.07) is 7.88. The molecule has 2 aromatic rings. The smallest absolute Gasteiger partial charge is 0.253 e. The van der Waals surface area contributed by atoms with Crippen molar-refractivity contribution >= 4 is 17.2 Å². The highest BCUT2D eigenvalue weighted by Gasteiger charge is 2.13. The minimum Gasteiger partial charge on any atom is -0.339 e. The molecule has 0 aliphatic heterocycles. The fraction of sp³-hybridized carbons (Fsp3) is 0.412. The lowest BCUT2D eigenvalue weighted by molar-refractivity contribution is 0.0773. The molecule has 0 N–H and O–H groups in total. The molecule has 0 radical (unpaired) electrons. The van der Waals surface area contributed by atoms with Crippen LogP contribution >= 0.6 is 11.3 Å². The van der Waals surface area contributed by atoms with Gasteiger partial charge in [0.25, 0.3) is 5.91 Å². The van der Waals surface area contributed by atoms with Gasteiger partial charge in [0.1, 0.15) is 0 Å². The van der Waals surface area contributed by atoms with E-state index in [1.165, 1.54) is 4.88 Å². The summed E-state index contributed by atoms with van der Waals surface area (Å²) in [5, 5.41) is 1.16. The van der Waals surface area contributed by atoms with E-state index in [1.807, 2.05) is 49.9 Å². The predicted molar refractivity (Wildman–Crippen MR) is 88.9 cm³/mol. The molecule has 1 heterocycles. The van der Waals surface area contributed by atoms with Gasteiger partial charge in [-0.2, -0.15) is 0 Å². The largest absolute Gasteiger partial charge is 0.339 e. The van der Waals surface area contributed by atoms with Gasteiger partial charge in [-0.3, -0.25) is 4.79 Å². The van der Waals surface area contributed by atoms with E-state index in [1.54, 1.807) is 11.3 Å². The molecule has 0 saturated carbocycles. The van der Waals surface area contributed by atoms with Crippen molar-refractivity contribution in [3.63, 3.8) is 0 Å². The van der Waals surface area contributed by atoms with Crippen LogP contribution in [-0.2, 0) is 6.42 Å². The molecule has 0 atom stereocenters. The van der Waals surface area contributed by atoms with Crippen molar-refractivity contribution in [1.29, 1.82) is 0 Å². The van der Waals surface area contributed by atoms with Crippen LogP contribution in [0.15, 0.2) is 24.3 Å². The average Bonchev–Trinajstić information content (AvgIpc) is 2.89. The van der Waals surface area contributed by atoms with Crippen LogP contribution in [0, 0.1) is 6.92 Å². The number of amides is 1. The Morgan fingerprint density at radius 1 is 1.14 bits per heavy atom. The van der Waals surface area contributed by atoms with Gasteiger partial charge in [0.2, 0.25) is 0 Å². The van der Waals surface area contributed by atoms with Crippen LogP contribution in [0.2, 0.25) is 0 Å². The fourth-order valence-corrected chi connectivity index (χ4v) is 3.34. The lowest BCUT2D eigenvalue weighted by Crippen LogP contribution is -2.30. The summed E-state index contributed by atoms with van der Waals surface area (Å²) in [7, 11) is 0. The SMILES string of the molecule is CCc1nc(C)c(-c2ccc(C(=O)N(CC)CC)cc2)s1. The van der Waals surface area contributed by atoms with E-state index < -0.39 is 0 Å². The Bertz CT molecular complexity index is 612. The van der Waals surface area contributed by atoms with Crippen LogP contribution in [-0.4, -0.2) is 28.9 Å². The fourth-order valence-electron chi connectivity index (χ4n) is 2.33. The Morgan fingerprint density at radius 3 is 2.24 bits per heavy atom. The van der Waals surface area contributed by atoms with Gasteiger partial charge in [0.05, 0.1) is 15.6 Å². The third kappa shape index (κ3) is 3.32. The van der Waals surface area contributed by atoms with Crippen molar-refractivity contribution in [2.45, 2.75) is 34.1 Å². The zero-order valence-corrected chi connectivity index (χ0v) is 14.0. The molecule has 0 saturated heterocycles. The maximum Gasteiger partial charge on any atom is 0.253 e. The molecule has 0 aliphatic rings. The van der Waals surface area contributed by atoms with Crippen molar-refractivity contribution in [3.8, 4) is 10.4 Å². The van der Waals surface area contributed by atoms with E-state index in [9.17, 15) is 4.79 Å². The first-order valence-corrected chi connectivity index (χ1v) is 8.28. The second kappa shape index (κ2) is 6.85. The van der Waals surface area contributed by atoms with Crippen molar-refractivity contribution in [1.82, 2.24) is 9.88 Å². The molecular formula is C17H22N2OS. The molecule has 1 amide bonds. The normalized spacial score (nSPS) is 10.7. The van der Waals surface area contributed by atoms with E-state index >= 15 is 0 Å². The van der Waals surface area contributed by atoms with E-state index in [-0.39, 0.29) is 5.91 Å². The van der Waals surface area contributed by atoms with Crippen LogP contribution in [0.3, 0.4) is 0 Å². The first-order chi connectivity index (χ1) is 10.1. The summed E-state index contributed by atoms with van der Waals surface area (Å²) in [4.78, 5) is 19.9. The third-order valence-electron chi connectivity index (χ3n) is 3.59. The number of aromatic nitrogens is 1. The summed E-state index contributed by atoms with van der Waals surface area (Å²) in [5.74, 6) is 0.0989. The van der Waals surface area contributed by atoms with Crippen molar-refractivity contribution in [3.05, 3.63) is 40.5 Å². The molecule has 0 bridgehead atoms. The molecule has 4 heteroatoms. The van der Waals surface area contributed by atoms with Crippen molar-refractivity contribution in [2.75, 3.05) is 13.1 Å². The van der Waals surface area contributed by atoms with Crippen molar-refractivity contribution in [2.24, 2.45) is 0 Å². The number of benzene rings is 1. The third-order valence-corrected chi connectivity index (χ3v) is 4.94. The highest BCUT2D eigenvalue weighted by atomic mass is 32.1. The molecule has 3 nitrogen and oxygen atoms in total. The first-order valence-electron chi connectivity index (χ1n) is 7.46. The summed E-state index contributed by atoms with van der Waals surface area (Å²) < 4.78 is 0. The van der Waals surface area contributed by atoms with Gasteiger partial charge in [0, 0.05) is 18.7 Å². The molecular weight excluding hydrogens is 280 g/mol. The number of nitrogens with zero attached hydrogens (tertiary/aromatic N) is 2. The monoisotopic (exact) mass is 302 g/mol. The van der Waals surface area contributed by atoms with Gasteiger partial charge in [-0.25, -0.2) is 4.98 Å². The second-order valence-corrected chi connectivity index (χ2v) is 6.01. The van der Waals surface area contributed by atoms with Crippen molar-refractivity contribution < 1.29 is 4.79 Å². The number of hydrogen-bond donors (Lipinski definition) is 0. The first kappa shape index (κ1) is 15.7. The molecule has 0 spiro atoms. The summed E-state index contributed by atoms with van der Waals surface area (Å²) >= 11 is 1.74. The molecule has 1 aromatic carbocycles. The molecule has 0 aliphatic carbocycles. The number of rotatable bonds is 5. The van der Waals surface area contributed by atoms with Gasteiger partial charge in [-0.1, -0.05) is 19.1 Å². The van der Waals surface area contributed by atoms with E-state index in [0.29, 0.717) is 0 Å². The molecule has 1 aromatic heterocycles. The quantitative estimate of drug-likeness (QED) is 0.830. The number of hydrogen-bond acceptors (Lipinski definition) is 3. The Labute approximate surface area is 130 Å². The van der Waals surface area contributed by atoms with Crippen LogP contribution in [0.4, 0.5) is 0 Å². The molecule has 112 valence electrons. The van der Waals surface area contributed by atoms with Crippen LogP contribution in [0.25, 0.3) is 10.4 Å². The summed E-state index contributed by atoms with van der Waals surface area (Å²) in [5.41, 5.74) is 2.96. The number of thiazole rings is 1. The van der Waals surface area contributed by atoms with Gasteiger partial charge < -0.3 is 4.90 Å². The van der Waals surface area contributed by atoms with Gasteiger partial charge in [0.15, 0.2) is 0 Å². The van der Waals surface area contributed by atoms with Gasteiger partial charge in [-0.05, 0) is 44.9 Å². The Balaban J connectivity index is 2.26. The second-order valence-electron chi connectivity index (χ2n) is 4.93. The van der Waals surface area contributed by atoms with Crippen LogP contribution < -0.4 is 0 Å². The predicted octanol–water partition coefficient (Wildman–Crippen LogP) is 4.16. The Morgan fingerprint density at radius 2 is 1.76 bits per heavy atom.